The average molecular weight is 480 g/mol. The van der Waals surface area contributed by atoms with Crippen molar-refractivity contribution < 1.29 is 13.9 Å². The Balaban J connectivity index is 0.00000625. The maximum absolute atomic E-state index is 13.3. The second kappa shape index (κ2) is 11.9. The minimum Gasteiger partial charge on any atom is -0.489 e. The van der Waals surface area contributed by atoms with Crippen molar-refractivity contribution >= 4 is 35.8 Å². The van der Waals surface area contributed by atoms with Gasteiger partial charge in [0, 0.05) is 12.6 Å². The maximum Gasteiger partial charge on any atom is 0.224 e. The molecule has 1 aromatic rings. The molecule has 4 N–H and O–H groups in total. The first kappa shape index (κ1) is 24.4. The van der Waals surface area contributed by atoms with Gasteiger partial charge in [0.1, 0.15) is 17.7 Å². The van der Waals surface area contributed by atoms with Crippen molar-refractivity contribution in [2.75, 3.05) is 19.6 Å². The number of ether oxygens (including phenoxy) is 1. The number of hydrogen-bond donors (Lipinski definition) is 3. The summed E-state index contributed by atoms with van der Waals surface area (Å²) >= 11 is 0. The highest BCUT2D eigenvalue weighted by Crippen LogP contribution is 2.15. The molecular formula is C18H30FIN4O2. The van der Waals surface area contributed by atoms with E-state index in [0.29, 0.717) is 24.8 Å². The average Bonchev–Trinajstić information content (AvgIpc) is 2.56. The molecule has 1 rings (SSSR count). The number of carbonyl (C=O) groups excluding carboxylic acids is 1. The molecule has 0 radical (unpaired) electrons. The number of halogens is 2. The number of benzene rings is 1. The Bertz CT molecular complexity index is 596. The number of carbonyl (C=O) groups is 1. The van der Waals surface area contributed by atoms with Crippen LogP contribution in [0.25, 0.3) is 0 Å². The van der Waals surface area contributed by atoms with E-state index in [4.69, 9.17) is 10.5 Å². The first-order valence-corrected chi connectivity index (χ1v) is 8.52. The Hall–Kier alpha value is -1.58. The fourth-order valence-electron chi connectivity index (χ4n) is 1.91. The lowest BCUT2D eigenvalue weighted by atomic mass is 9.93. The second-order valence-corrected chi connectivity index (χ2v) is 6.43. The predicted molar refractivity (Wildman–Crippen MR) is 113 cm³/mol. The number of nitrogens with zero attached hydrogens (tertiary/aromatic N) is 1. The molecular weight excluding hydrogens is 450 g/mol. The molecule has 0 saturated carbocycles. The highest BCUT2D eigenvalue weighted by atomic mass is 127. The molecule has 8 heteroatoms. The lowest BCUT2D eigenvalue weighted by molar-refractivity contribution is -0.125. The number of primary amides is 1. The minimum atomic E-state index is -0.718. The standard InChI is InChI=1S/C18H29FN4O2.HI/c1-5-14(25-15-9-7-8-13(19)10-15)11-22-17(21-6-2)23-12-18(3,4)16(20)24;/h7-10,14H,5-6,11-12H2,1-4H3,(H2,20,24)(H2,21,22,23);1H. The summed E-state index contributed by atoms with van der Waals surface area (Å²) in [4.78, 5) is 15.8. The summed E-state index contributed by atoms with van der Waals surface area (Å²) in [5.41, 5.74) is 4.65. The molecule has 0 saturated heterocycles. The third kappa shape index (κ3) is 8.68. The van der Waals surface area contributed by atoms with Crippen LogP contribution in [0.3, 0.4) is 0 Å². The molecule has 0 heterocycles. The van der Waals surface area contributed by atoms with Crippen LogP contribution in [-0.4, -0.2) is 37.6 Å². The van der Waals surface area contributed by atoms with Gasteiger partial charge in [0.05, 0.1) is 18.5 Å². The molecule has 0 spiro atoms. The lowest BCUT2D eigenvalue weighted by Gasteiger charge is -2.21. The molecule has 148 valence electrons. The van der Waals surface area contributed by atoms with Crippen molar-refractivity contribution in [1.82, 2.24) is 10.6 Å². The third-order valence-electron chi connectivity index (χ3n) is 3.70. The molecule has 0 fully saturated rings. The maximum atomic E-state index is 13.3. The van der Waals surface area contributed by atoms with Gasteiger partial charge in [-0.15, -0.1) is 24.0 Å². The quantitative estimate of drug-likeness (QED) is 0.288. The van der Waals surface area contributed by atoms with Crippen molar-refractivity contribution in [3.05, 3.63) is 30.1 Å². The molecule has 6 nitrogen and oxygen atoms in total. The number of nitrogens with one attached hydrogen (secondary N) is 2. The highest BCUT2D eigenvalue weighted by Gasteiger charge is 2.24. The number of nitrogens with two attached hydrogens (primary N) is 1. The summed E-state index contributed by atoms with van der Waals surface area (Å²) in [6.45, 7) is 8.91. The van der Waals surface area contributed by atoms with E-state index >= 15 is 0 Å². The topological polar surface area (TPSA) is 88.7 Å². The Morgan fingerprint density at radius 2 is 2.04 bits per heavy atom. The molecule has 0 aliphatic carbocycles. The van der Waals surface area contributed by atoms with Crippen LogP contribution in [-0.2, 0) is 4.79 Å². The highest BCUT2D eigenvalue weighted by molar-refractivity contribution is 14.0. The van der Waals surface area contributed by atoms with E-state index in [-0.39, 0.29) is 42.4 Å². The van der Waals surface area contributed by atoms with Gasteiger partial charge in [0.25, 0.3) is 0 Å². The molecule has 0 aromatic heterocycles. The Morgan fingerprint density at radius 1 is 1.35 bits per heavy atom. The van der Waals surface area contributed by atoms with E-state index in [1.165, 1.54) is 12.1 Å². The SMILES string of the molecule is CCNC(=NCC(C)(C)C(N)=O)NCC(CC)Oc1cccc(F)c1.I. The van der Waals surface area contributed by atoms with Gasteiger partial charge in [-0.05, 0) is 39.3 Å². The predicted octanol–water partition coefficient (Wildman–Crippen LogP) is 2.67. The van der Waals surface area contributed by atoms with Crippen LogP contribution in [0.15, 0.2) is 29.3 Å². The first-order chi connectivity index (χ1) is 11.8. The minimum absolute atomic E-state index is 0. The summed E-state index contributed by atoms with van der Waals surface area (Å²) < 4.78 is 19.0. The number of rotatable bonds is 9. The molecule has 1 unspecified atom stereocenters. The number of amides is 1. The van der Waals surface area contributed by atoms with Crippen LogP contribution in [0.5, 0.6) is 5.75 Å². The zero-order valence-corrected chi connectivity index (χ0v) is 18.2. The van der Waals surface area contributed by atoms with Crippen molar-refractivity contribution in [2.24, 2.45) is 16.1 Å². The van der Waals surface area contributed by atoms with Gasteiger partial charge in [-0.3, -0.25) is 9.79 Å². The zero-order chi connectivity index (χ0) is 18.9. The van der Waals surface area contributed by atoms with Crippen molar-refractivity contribution in [3.8, 4) is 5.75 Å². The van der Waals surface area contributed by atoms with Crippen LogP contribution in [0, 0.1) is 11.2 Å². The summed E-state index contributed by atoms with van der Waals surface area (Å²) in [5, 5.41) is 6.30. The summed E-state index contributed by atoms with van der Waals surface area (Å²) in [7, 11) is 0. The molecule has 0 aliphatic heterocycles. The third-order valence-corrected chi connectivity index (χ3v) is 3.70. The van der Waals surface area contributed by atoms with Crippen LogP contribution in [0.2, 0.25) is 0 Å². The van der Waals surface area contributed by atoms with E-state index in [2.05, 4.69) is 15.6 Å². The number of guanidine groups is 1. The van der Waals surface area contributed by atoms with Crippen LogP contribution in [0.1, 0.15) is 34.1 Å². The van der Waals surface area contributed by atoms with E-state index in [1.54, 1.807) is 26.0 Å². The molecule has 0 aliphatic rings. The van der Waals surface area contributed by atoms with Gasteiger partial charge in [0.2, 0.25) is 5.91 Å². The van der Waals surface area contributed by atoms with Crippen LogP contribution in [0.4, 0.5) is 4.39 Å². The molecule has 1 amide bonds. The van der Waals surface area contributed by atoms with Gasteiger partial charge in [-0.2, -0.15) is 0 Å². The summed E-state index contributed by atoms with van der Waals surface area (Å²) in [5.74, 6) is 0.348. The summed E-state index contributed by atoms with van der Waals surface area (Å²) in [6.07, 6.45) is 0.602. The Kier molecular flexibility index (Phi) is 11.2. The van der Waals surface area contributed by atoms with Crippen molar-refractivity contribution in [1.29, 1.82) is 0 Å². The largest absolute Gasteiger partial charge is 0.489 e. The zero-order valence-electron chi connectivity index (χ0n) is 15.8. The normalized spacial score (nSPS) is 12.7. The van der Waals surface area contributed by atoms with Gasteiger partial charge < -0.3 is 21.1 Å². The number of aliphatic imine (C=N–C) groups is 1. The molecule has 1 atom stereocenters. The molecule has 26 heavy (non-hydrogen) atoms. The van der Waals surface area contributed by atoms with E-state index in [9.17, 15) is 9.18 Å². The number of hydrogen-bond acceptors (Lipinski definition) is 3. The Labute approximate surface area is 172 Å². The first-order valence-electron chi connectivity index (χ1n) is 8.52. The van der Waals surface area contributed by atoms with E-state index in [0.717, 1.165) is 6.42 Å². The van der Waals surface area contributed by atoms with Crippen LogP contribution < -0.4 is 21.1 Å². The molecule has 1 aromatic carbocycles. The van der Waals surface area contributed by atoms with Gasteiger partial charge in [0.15, 0.2) is 5.96 Å². The van der Waals surface area contributed by atoms with E-state index < -0.39 is 11.3 Å². The smallest absolute Gasteiger partial charge is 0.224 e. The monoisotopic (exact) mass is 480 g/mol. The lowest BCUT2D eigenvalue weighted by Crippen LogP contribution is -2.43. The second-order valence-electron chi connectivity index (χ2n) is 6.43. The fourth-order valence-corrected chi connectivity index (χ4v) is 1.91. The van der Waals surface area contributed by atoms with E-state index in [1.807, 2.05) is 13.8 Å². The van der Waals surface area contributed by atoms with Crippen molar-refractivity contribution in [3.63, 3.8) is 0 Å². The van der Waals surface area contributed by atoms with Crippen molar-refractivity contribution in [2.45, 2.75) is 40.2 Å². The fraction of sp³-hybridized carbons (Fsp3) is 0.556. The summed E-state index contributed by atoms with van der Waals surface area (Å²) in [6, 6.07) is 6.07. The molecule has 0 bridgehead atoms. The van der Waals surface area contributed by atoms with Gasteiger partial charge in [-0.1, -0.05) is 13.0 Å². The van der Waals surface area contributed by atoms with Gasteiger partial charge >= 0.3 is 0 Å². The van der Waals surface area contributed by atoms with Gasteiger partial charge in [-0.25, -0.2) is 4.39 Å². The van der Waals surface area contributed by atoms with Crippen LogP contribution >= 0.6 is 24.0 Å². The Morgan fingerprint density at radius 3 is 2.58 bits per heavy atom.